The van der Waals surface area contributed by atoms with Crippen molar-refractivity contribution in [1.29, 1.82) is 0 Å². The van der Waals surface area contributed by atoms with Gasteiger partial charge in [0.1, 0.15) is 5.70 Å². The van der Waals surface area contributed by atoms with Gasteiger partial charge in [0.2, 0.25) is 5.91 Å². The summed E-state index contributed by atoms with van der Waals surface area (Å²) >= 11 is 13.4. The van der Waals surface area contributed by atoms with Crippen LogP contribution in [0.5, 0.6) is 0 Å². The van der Waals surface area contributed by atoms with Crippen molar-refractivity contribution in [1.82, 2.24) is 5.32 Å². The van der Waals surface area contributed by atoms with Crippen molar-refractivity contribution in [2.24, 2.45) is 0 Å². The van der Waals surface area contributed by atoms with Crippen LogP contribution in [0.15, 0.2) is 138 Å². The van der Waals surface area contributed by atoms with Crippen LogP contribution in [0.2, 0.25) is 10.0 Å². The largest absolute Gasteiger partial charge is 0.325 e. The minimum atomic E-state index is -0.480. The van der Waals surface area contributed by atoms with E-state index in [1.165, 1.54) is 11.8 Å². The molecule has 5 rings (SSSR count). The van der Waals surface area contributed by atoms with Gasteiger partial charge in [-0.3, -0.25) is 14.4 Å². The number of halogens is 2. The van der Waals surface area contributed by atoms with E-state index in [1.807, 2.05) is 72.8 Å². The molecule has 0 fully saturated rings. The van der Waals surface area contributed by atoms with Crippen molar-refractivity contribution in [3.8, 4) is 11.1 Å². The Kier molecular flexibility index (Phi) is 10.9. The smallest absolute Gasteiger partial charge is 0.272 e. The predicted octanol–water partition coefficient (Wildman–Crippen LogP) is 9.19. The first-order chi connectivity index (χ1) is 22.2. The van der Waals surface area contributed by atoms with Crippen LogP contribution in [0, 0.1) is 0 Å². The highest BCUT2D eigenvalue weighted by Crippen LogP contribution is 2.28. The molecule has 0 aromatic heterocycles. The number of hydrogen-bond acceptors (Lipinski definition) is 4. The number of amides is 3. The van der Waals surface area contributed by atoms with E-state index in [0.717, 1.165) is 21.6 Å². The molecule has 0 aliphatic rings. The van der Waals surface area contributed by atoms with Gasteiger partial charge in [-0.25, -0.2) is 0 Å². The highest BCUT2D eigenvalue weighted by Gasteiger charge is 2.17. The van der Waals surface area contributed by atoms with Crippen LogP contribution in [0.4, 0.5) is 11.4 Å². The molecule has 1 unspecified atom stereocenters. The quantitative estimate of drug-likeness (QED) is 0.103. The summed E-state index contributed by atoms with van der Waals surface area (Å²) in [5, 5.41) is 8.83. The summed E-state index contributed by atoms with van der Waals surface area (Å²) < 4.78 is 0. The topological polar surface area (TPSA) is 87.3 Å². The summed E-state index contributed by atoms with van der Waals surface area (Å²) in [6.45, 7) is 1.80. The van der Waals surface area contributed by atoms with Crippen LogP contribution in [-0.2, 0) is 9.59 Å². The minimum Gasteiger partial charge on any atom is -0.325 e. The van der Waals surface area contributed by atoms with E-state index in [4.69, 9.17) is 23.2 Å². The molecule has 46 heavy (non-hydrogen) atoms. The second-order valence-electron chi connectivity index (χ2n) is 10.2. The summed E-state index contributed by atoms with van der Waals surface area (Å²) in [4.78, 5) is 40.0. The lowest BCUT2D eigenvalue weighted by Crippen LogP contribution is -2.30. The fourth-order valence-electron chi connectivity index (χ4n) is 4.40. The van der Waals surface area contributed by atoms with Crippen molar-refractivity contribution in [3.63, 3.8) is 0 Å². The van der Waals surface area contributed by atoms with Crippen molar-refractivity contribution in [2.45, 2.75) is 17.1 Å². The highest BCUT2D eigenvalue weighted by atomic mass is 35.5. The zero-order chi connectivity index (χ0) is 32.5. The summed E-state index contributed by atoms with van der Waals surface area (Å²) in [7, 11) is 0. The second-order valence-corrected chi connectivity index (χ2v) is 12.5. The van der Waals surface area contributed by atoms with Gasteiger partial charge >= 0.3 is 0 Å². The molecule has 0 heterocycles. The molecule has 3 N–H and O–H groups in total. The van der Waals surface area contributed by atoms with E-state index in [9.17, 15) is 14.4 Å². The highest BCUT2D eigenvalue weighted by molar-refractivity contribution is 8.00. The zero-order valence-corrected chi connectivity index (χ0v) is 27.0. The van der Waals surface area contributed by atoms with Crippen LogP contribution in [0.25, 0.3) is 17.2 Å². The molecule has 0 aliphatic carbocycles. The Labute approximate surface area is 281 Å². The molecule has 0 saturated carbocycles. The van der Waals surface area contributed by atoms with Gasteiger partial charge in [-0.2, -0.15) is 0 Å². The molecular weight excluding hydrogens is 637 g/mol. The van der Waals surface area contributed by atoms with Gasteiger partial charge in [0.05, 0.1) is 15.3 Å². The van der Waals surface area contributed by atoms with Crippen molar-refractivity contribution < 1.29 is 14.4 Å². The van der Waals surface area contributed by atoms with Gasteiger partial charge in [0, 0.05) is 21.8 Å². The van der Waals surface area contributed by atoms with E-state index in [2.05, 4.69) is 16.0 Å². The lowest BCUT2D eigenvalue weighted by atomic mass is 10.0. The summed E-state index contributed by atoms with van der Waals surface area (Å²) in [6.07, 6.45) is 1.64. The molecule has 0 aliphatic heterocycles. The molecule has 0 spiro atoms. The molecule has 3 amide bonds. The number of carbonyl (C=O) groups is 3. The van der Waals surface area contributed by atoms with Crippen LogP contribution in [-0.4, -0.2) is 23.0 Å². The average molecular weight is 667 g/mol. The Morgan fingerprint density at radius 1 is 0.674 bits per heavy atom. The number of benzene rings is 5. The van der Waals surface area contributed by atoms with Crippen LogP contribution >= 0.6 is 35.0 Å². The van der Waals surface area contributed by atoms with Gasteiger partial charge in [-0.05, 0) is 84.3 Å². The molecule has 0 saturated heterocycles. The lowest BCUT2D eigenvalue weighted by Gasteiger charge is -2.14. The number of hydrogen-bond donors (Lipinski definition) is 3. The number of nitrogens with one attached hydrogen (secondary N) is 3. The maximum absolute atomic E-state index is 13.5. The van der Waals surface area contributed by atoms with E-state index >= 15 is 0 Å². The standard InChI is InChI=1S/C37H29Cl2N3O3S/c1-24(35(43)41-30-18-21-32(38)33(39)23-30)46-31-19-16-29(17-20-31)40-37(45)34(42-36(44)28-10-6-3-7-11-28)22-25-12-14-27(15-13-25)26-8-4-2-5-9-26/h2-24H,1H3,(H,40,45)(H,41,43)(H,42,44)/b34-22-. The first-order valence-electron chi connectivity index (χ1n) is 14.3. The fraction of sp³-hybridized carbons (Fsp3) is 0.0541. The molecule has 5 aromatic rings. The summed E-state index contributed by atoms with van der Waals surface area (Å²) in [5.41, 5.74) is 4.47. The number of thioether (sulfide) groups is 1. The molecule has 230 valence electrons. The Hall–Kier alpha value is -4.82. The molecule has 5 aromatic carbocycles. The van der Waals surface area contributed by atoms with Crippen LogP contribution in [0.3, 0.4) is 0 Å². The molecule has 0 radical (unpaired) electrons. The monoisotopic (exact) mass is 665 g/mol. The average Bonchev–Trinajstić information content (AvgIpc) is 3.08. The van der Waals surface area contributed by atoms with E-state index in [1.54, 1.807) is 67.6 Å². The Morgan fingerprint density at radius 3 is 1.93 bits per heavy atom. The van der Waals surface area contributed by atoms with Crippen molar-refractivity contribution in [3.05, 3.63) is 154 Å². The maximum atomic E-state index is 13.5. The fourth-order valence-corrected chi connectivity index (χ4v) is 5.57. The minimum absolute atomic E-state index is 0.0901. The van der Waals surface area contributed by atoms with E-state index < -0.39 is 17.1 Å². The molecular formula is C37H29Cl2N3O3S. The molecule has 9 heteroatoms. The van der Waals surface area contributed by atoms with E-state index in [0.29, 0.717) is 27.0 Å². The normalized spacial score (nSPS) is 11.8. The van der Waals surface area contributed by atoms with E-state index in [-0.39, 0.29) is 11.6 Å². The third-order valence-corrected chi connectivity index (χ3v) is 8.69. The van der Waals surface area contributed by atoms with Crippen LogP contribution < -0.4 is 16.0 Å². The predicted molar refractivity (Wildman–Crippen MR) is 189 cm³/mol. The number of anilines is 2. The first kappa shape index (κ1) is 32.6. The lowest BCUT2D eigenvalue weighted by molar-refractivity contribution is -0.115. The third-order valence-electron chi connectivity index (χ3n) is 6.84. The van der Waals surface area contributed by atoms with Gasteiger partial charge in [0.25, 0.3) is 11.8 Å². The van der Waals surface area contributed by atoms with Gasteiger partial charge < -0.3 is 16.0 Å². The van der Waals surface area contributed by atoms with Gasteiger partial charge in [-0.1, -0.05) is 96.0 Å². The zero-order valence-electron chi connectivity index (χ0n) is 24.7. The number of carbonyl (C=O) groups excluding carboxylic acids is 3. The first-order valence-corrected chi connectivity index (χ1v) is 16.0. The Morgan fingerprint density at radius 2 is 1.28 bits per heavy atom. The molecule has 0 bridgehead atoms. The molecule has 1 atom stereocenters. The Balaban J connectivity index is 1.27. The van der Waals surface area contributed by atoms with Gasteiger partial charge in [0.15, 0.2) is 0 Å². The van der Waals surface area contributed by atoms with Gasteiger partial charge in [-0.15, -0.1) is 11.8 Å². The molecule has 6 nitrogen and oxygen atoms in total. The summed E-state index contributed by atoms with van der Waals surface area (Å²) in [6, 6.07) is 38.5. The Bertz CT molecular complexity index is 1860. The maximum Gasteiger partial charge on any atom is 0.272 e. The third kappa shape index (κ3) is 8.88. The number of rotatable bonds is 10. The SMILES string of the molecule is CC(Sc1ccc(NC(=O)/C(=C/c2ccc(-c3ccccc3)cc2)NC(=O)c2ccccc2)cc1)C(=O)Nc1ccc(Cl)c(Cl)c1. The second kappa shape index (κ2) is 15.5. The summed E-state index contributed by atoms with van der Waals surface area (Å²) in [5.74, 6) is -1.07. The van der Waals surface area contributed by atoms with Crippen molar-refractivity contribution >= 4 is 70.1 Å². The van der Waals surface area contributed by atoms with Crippen LogP contribution in [0.1, 0.15) is 22.8 Å². The van der Waals surface area contributed by atoms with Crippen molar-refractivity contribution in [2.75, 3.05) is 10.6 Å².